The van der Waals surface area contributed by atoms with Crippen molar-refractivity contribution in [2.24, 2.45) is 4.99 Å². The summed E-state index contributed by atoms with van der Waals surface area (Å²) in [6, 6.07) is 13.8. The van der Waals surface area contributed by atoms with Crippen molar-refractivity contribution in [2.75, 3.05) is 12.5 Å². The number of hydrogen-bond donors (Lipinski definition) is 1. The molecule has 0 spiro atoms. The second kappa shape index (κ2) is 7.41. The normalized spacial score (nSPS) is 14.6. The monoisotopic (exact) mass is 372 g/mol. The van der Waals surface area contributed by atoms with Crippen molar-refractivity contribution in [2.45, 2.75) is 12.3 Å². The quantitative estimate of drug-likeness (QED) is 0.887. The fourth-order valence-electron chi connectivity index (χ4n) is 2.52. The minimum Gasteiger partial charge on any atom is -0.454 e. The molecule has 0 radical (unpaired) electrons. The van der Waals surface area contributed by atoms with Crippen molar-refractivity contribution in [3.05, 3.63) is 53.6 Å². The molecule has 0 atom stereocenters. The Labute approximate surface area is 154 Å². The van der Waals surface area contributed by atoms with E-state index in [0.717, 1.165) is 32.9 Å². The topological polar surface area (TPSA) is 59.9 Å². The van der Waals surface area contributed by atoms with Crippen molar-refractivity contribution < 1.29 is 14.3 Å². The van der Waals surface area contributed by atoms with Gasteiger partial charge in [-0.1, -0.05) is 47.8 Å². The Morgan fingerprint density at radius 2 is 2.08 bits per heavy atom. The first kappa shape index (κ1) is 16.4. The van der Waals surface area contributed by atoms with Gasteiger partial charge < -0.3 is 14.8 Å². The van der Waals surface area contributed by atoms with E-state index in [1.54, 1.807) is 11.8 Å². The molecule has 1 N–H and O–H groups in total. The molecule has 2 aromatic rings. The van der Waals surface area contributed by atoms with Crippen LogP contribution in [0.5, 0.6) is 11.5 Å². The van der Waals surface area contributed by atoms with Gasteiger partial charge in [-0.05, 0) is 29.3 Å². The molecule has 0 unspecified atom stereocenters. The average molecular weight is 372 g/mol. The number of nitrogens with one attached hydrogen (secondary N) is 1. The SMILES string of the molecule is O=C(CSC1=Nc2ccccc2CS1)NCc1ccc2c(c1)OCO2. The molecule has 5 nitrogen and oxygen atoms in total. The zero-order chi connectivity index (χ0) is 17.1. The molecule has 0 saturated carbocycles. The van der Waals surface area contributed by atoms with Gasteiger partial charge in [-0.2, -0.15) is 0 Å². The third-order valence-corrected chi connectivity index (χ3v) is 6.05. The van der Waals surface area contributed by atoms with Crippen molar-refractivity contribution in [1.29, 1.82) is 0 Å². The summed E-state index contributed by atoms with van der Waals surface area (Å²) in [5, 5.41) is 2.93. The lowest BCUT2D eigenvalue weighted by Crippen LogP contribution is -2.25. The Morgan fingerprint density at radius 3 is 3.04 bits per heavy atom. The van der Waals surface area contributed by atoms with Gasteiger partial charge in [-0.25, -0.2) is 4.99 Å². The number of ether oxygens (including phenoxy) is 2. The van der Waals surface area contributed by atoms with Crippen LogP contribution in [-0.2, 0) is 17.1 Å². The zero-order valence-corrected chi connectivity index (χ0v) is 15.0. The molecule has 1 amide bonds. The fourth-order valence-corrected chi connectivity index (χ4v) is 4.41. The van der Waals surface area contributed by atoms with Crippen molar-refractivity contribution >= 4 is 39.5 Å². The molecule has 0 aliphatic carbocycles. The summed E-state index contributed by atoms with van der Waals surface area (Å²) < 4.78 is 11.6. The van der Waals surface area contributed by atoms with Gasteiger partial charge >= 0.3 is 0 Å². The van der Waals surface area contributed by atoms with E-state index in [1.807, 2.05) is 36.4 Å². The largest absolute Gasteiger partial charge is 0.454 e. The number of rotatable bonds is 4. The zero-order valence-electron chi connectivity index (χ0n) is 13.4. The van der Waals surface area contributed by atoms with Crippen LogP contribution in [0.3, 0.4) is 0 Å². The van der Waals surface area contributed by atoms with Gasteiger partial charge in [0.2, 0.25) is 12.7 Å². The number of para-hydroxylation sites is 1. The van der Waals surface area contributed by atoms with E-state index in [1.165, 1.54) is 17.3 Å². The summed E-state index contributed by atoms with van der Waals surface area (Å²) in [6.07, 6.45) is 0. The van der Waals surface area contributed by atoms with Gasteiger partial charge in [-0.3, -0.25) is 4.79 Å². The Kier molecular flexibility index (Phi) is 4.85. The molecule has 2 aliphatic rings. The van der Waals surface area contributed by atoms with Crippen molar-refractivity contribution in [3.63, 3.8) is 0 Å². The Balaban J connectivity index is 1.28. The predicted octanol–water partition coefficient (Wildman–Crippen LogP) is 3.70. The summed E-state index contributed by atoms with van der Waals surface area (Å²) in [7, 11) is 0. The van der Waals surface area contributed by atoms with Gasteiger partial charge in [0, 0.05) is 12.3 Å². The van der Waals surface area contributed by atoms with E-state index in [0.29, 0.717) is 12.3 Å². The Bertz CT molecular complexity index is 839. The average Bonchev–Trinajstić information content (AvgIpc) is 3.12. The van der Waals surface area contributed by atoms with Crippen LogP contribution < -0.4 is 14.8 Å². The van der Waals surface area contributed by atoms with Gasteiger partial charge in [0.25, 0.3) is 0 Å². The molecule has 0 fully saturated rings. The number of fused-ring (bicyclic) bond motifs is 2. The van der Waals surface area contributed by atoms with Crippen LogP contribution in [0.2, 0.25) is 0 Å². The summed E-state index contributed by atoms with van der Waals surface area (Å²) >= 11 is 3.16. The van der Waals surface area contributed by atoms with Gasteiger partial charge in [0.05, 0.1) is 11.4 Å². The summed E-state index contributed by atoms with van der Waals surface area (Å²) in [5.74, 6) is 2.73. The molecule has 0 saturated heterocycles. The molecule has 0 aromatic heterocycles. The third-order valence-electron chi connectivity index (χ3n) is 3.81. The van der Waals surface area contributed by atoms with Crippen LogP contribution in [0.4, 0.5) is 5.69 Å². The number of carbonyl (C=O) groups excluding carboxylic acids is 1. The maximum Gasteiger partial charge on any atom is 0.231 e. The highest BCUT2D eigenvalue weighted by Crippen LogP contribution is 2.34. The van der Waals surface area contributed by atoms with Crippen LogP contribution in [0.15, 0.2) is 47.5 Å². The Hall–Kier alpha value is -2.12. The van der Waals surface area contributed by atoms with Crippen LogP contribution >= 0.6 is 23.5 Å². The smallest absolute Gasteiger partial charge is 0.231 e. The second-order valence-corrected chi connectivity index (χ2v) is 7.73. The standard InChI is InChI=1S/C18H16N2O3S2/c21-17(19-8-12-5-6-15-16(7-12)23-11-22-15)10-25-18-20-14-4-2-1-3-13(14)9-24-18/h1-7H,8-11H2,(H,19,21). The van der Waals surface area contributed by atoms with E-state index in [2.05, 4.69) is 16.4 Å². The van der Waals surface area contributed by atoms with E-state index >= 15 is 0 Å². The predicted molar refractivity (Wildman–Crippen MR) is 102 cm³/mol. The maximum atomic E-state index is 12.1. The highest BCUT2D eigenvalue weighted by atomic mass is 32.2. The summed E-state index contributed by atoms with van der Waals surface area (Å²) in [5.41, 5.74) is 3.23. The number of nitrogens with zero attached hydrogens (tertiary/aromatic N) is 1. The van der Waals surface area contributed by atoms with E-state index in [9.17, 15) is 4.79 Å². The molecule has 2 heterocycles. The van der Waals surface area contributed by atoms with Crippen LogP contribution in [0, 0.1) is 0 Å². The number of carbonyl (C=O) groups is 1. The van der Waals surface area contributed by atoms with Gasteiger partial charge in [0.1, 0.15) is 4.38 Å². The van der Waals surface area contributed by atoms with Crippen molar-refractivity contribution in [1.82, 2.24) is 5.32 Å². The molecule has 128 valence electrons. The first-order chi connectivity index (χ1) is 12.3. The molecule has 7 heteroatoms. The van der Waals surface area contributed by atoms with E-state index < -0.39 is 0 Å². The molecular weight excluding hydrogens is 356 g/mol. The highest BCUT2D eigenvalue weighted by molar-refractivity contribution is 8.38. The number of thioether (sulfide) groups is 2. The molecule has 4 rings (SSSR count). The van der Waals surface area contributed by atoms with E-state index in [-0.39, 0.29) is 12.7 Å². The van der Waals surface area contributed by atoms with Crippen molar-refractivity contribution in [3.8, 4) is 11.5 Å². The lowest BCUT2D eigenvalue weighted by Gasteiger charge is -2.14. The minimum atomic E-state index is -0.00942. The van der Waals surface area contributed by atoms with Crippen LogP contribution in [0.25, 0.3) is 0 Å². The number of hydrogen-bond acceptors (Lipinski definition) is 6. The summed E-state index contributed by atoms with van der Waals surface area (Å²) in [4.78, 5) is 16.7. The lowest BCUT2D eigenvalue weighted by molar-refractivity contribution is -0.118. The molecule has 2 aliphatic heterocycles. The highest BCUT2D eigenvalue weighted by Gasteiger charge is 2.15. The Morgan fingerprint density at radius 1 is 1.20 bits per heavy atom. The third kappa shape index (κ3) is 3.93. The first-order valence-electron chi connectivity index (χ1n) is 7.85. The number of benzene rings is 2. The molecule has 25 heavy (non-hydrogen) atoms. The lowest BCUT2D eigenvalue weighted by atomic mass is 10.2. The molecule has 0 bridgehead atoms. The first-order valence-corrected chi connectivity index (χ1v) is 9.82. The maximum absolute atomic E-state index is 12.1. The second-order valence-electron chi connectivity index (χ2n) is 5.55. The molecular formula is C18H16N2O3S2. The minimum absolute atomic E-state index is 0.00942. The summed E-state index contributed by atoms with van der Waals surface area (Å²) in [6.45, 7) is 0.725. The van der Waals surface area contributed by atoms with E-state index in [4.69, 9.17) is 9.47 Å². The van der Waals surface area contributed by atoms with Gasteiger partial charge in [0.15, 0.2) is 11.5 Å². The fraction of sp³-hybridized carbons (Fsp3) is 0.222. The molecule has 2 aromatic carbocycles. The van der Waals surface area contributed by atoms with Gasteiger partial charge in [-0.15, -0.1) is 0 Å². The van der Waals surface area contributed by atoms with Crippen LogP contribution in [-0.4, -0.2) is 22.8 Å². The number of aliphatic imine (C=N–C) groups is 1. The number of amides is 1. The van der Waals surface area contributed by atoms with Crippen LogP contribution in [0.1, 0.15) is 11.1 Å².